The van der Waals surface area contributed by atoms with Gasteiger partial charge < -0.3 is 16.4 Å². The molecule has 4 heteroatoms. The highest BCUT2D eigenvalue weighted by Gasteiger charge is 2.27. The average molecular weight is 241 g/mol. The Labute approximate surface area is 105 Å². The van der Waals surface area contributed by atoms with Crippen molar-refractivity contribution < 1.29 is 4.79 Å². The van der Waals surface area contributed by atoms with E-state index in [4.69, 9.17) is 5.73 Å². The Kier molecular flexibility index (Phi) is 5.40. The molecule has 0 radical (unpaired) electrons. The van der Waals surface area contributed by atoms with E-state index in [1.807, 2.05) is 13.8 Å². The molecule has 1 amide bonds. The summed E-state index contributed by atoms with van der Waals surface area (Å²) in [7, 11) is 0. The summed E-state index contributed by atoms with van der Waals surface area (Å²) in [6.07, 6.45) is 6.21. The van der Waals surface area contributed by atoms with Crippen LogP contribution in [-0.4, -0.2) is 30.1 Å². The van der Waals surface area contributed by atoms with Crippen LogP contribution >= 0.6 is 0 Å². The monoisotopic (exact) mass is 241 g/mol. The number of carbonyl (C=O) groups excluding carboxylic acids is 1. The van der Waals surface area contributed by atoms with E-state index in [2.05, 4.69) is 17.6 Å². The Balaban J connectivity index is 2.37. The smallest absolute Gasteiger partial charge is 0.237 e. The first-order chi connectivity index (χ1) is 7.92. The highest BCUT2D eigenvalue weighted by Crippen LogP contribution is 2.14. The van der Waals surface area contributed by atoms with Crippen molar-refractivity contribution in [3.8, 4) is 0 Å². The van der Waals surface area contributed by atoms with Gasteiger partial charge in [-0.2, -0.15) is 0 Å². The van der Waals surface area contributed by atoms with Gasteiger partial charge in [0.1, 0.15) is 0 Å². The molecule has 0 saturated carbocycles. The van der Waals surface area contributed by atoms with Crippen molar-refractivity contribution in [3.63, 3.8) is 0 Å². The number of rotatable bonds is 5. The van der Waals surface area contributed by atoms with Crippen LogP contribution in [0.15, 0.2) is 0 Å². The molecule has 1 saturated heterocycles. The van der Waals surface area contributed by atoms with Crippen molar-refractivity contribution in [1.29, 1.82) is 0 Å². The van der Waals surface area contributed by atoms with Gasteiger partial charge in [0.25, 0.3) is 0 Å². The number of nitrogens with one attached hydrogen (secondary N) is 2. The largest absolute Gasteiger partial charge is 0.368 e. The SMILES string of the molecule is CC(CC1CCCCCN1)NC(C)(C)C(N)=O. The van der Waals surface area contributed by atoms with Crippen LogP contribution in [0.25, 0.3) is 0 Å². The maximum absolute atomic E-state index is 11.2. The van der Waals surface area contributed by atoms with Crippen LogP contribution in [-0.2, 0) is 4.79 Å². The lowest BCUT2D eigenvalue weighted by molar-refractivity contribution is -0.123. The fraction of sp³-hybridized carbons (Fsp3) is 0.923. The van der Waals surface area contributed by atoms with Gasteiger partial charge in [0.15, 0.2) is 0 Å². The molecule has 1 heterocycles. The number of primary amides is 1. The first kappa shape index (κ1) is 14.5. The fourth-order valence-corrected chi connectivity index (χ4v) is 2.47. The Bertz CT molecular complexity index is 245. The lowest BCUT2D eigenvalue weighted by Gasteiger charge is -2.29. The molecule has 4 nitrogen and oxygen atoms in total. The van der Waals surface area contributed by atoms with Crippen molar-refractivity contribution in [2.45, 2.75) is 70.5 Å². The van der Waals surface area contributed by atoms with Gasteiger partial charge >= 0.3 is 0 Å². The highest BCUT2D eigenvalue weighted by atomic mass is 16.1. The summed E-state index contributed by atoms with van der Waals surface area (Å²) in [6, 6.07) is 0.872. The summed E-state index contributed by atoms with van der Waals surface area (Å²) >= 11 is 0. The molecule has 1 aliphatic heterocycles. The molecule has 0 bridgehead atoms. The molecule has 0 aliphatic carbocycles. The van der Waals surface area contributed by atoms with Gasteiger partial charge in [-0.25, -0.2) is 0 Å². The van der Waals surface area contributed by atoms with Gasteiger partial charge in [0.2, 0.25) is 5.91 Å². The molecule has 2 atom stereocenters. The molecule has 1 rings (SSSR count). The Morgan fingerprint density at radius 1 is 1.47 bits per heavy atom. The van der Waals surface area contributed by atoms with Crippen LogP contribution in [0.1, 0.15) is 52.9 Å². The van der Waals surface area contributed by atoms with Crippen molar-refractivity contribution in [1.82, 2.24) is 10.6 Å². The normalized spacial score (nSPS) is 24.1. The number of hydrogen-bond acceptors (Lipinski definition) is 3. The average Bonchev–Trinajstić information content (AvgIpc) is 2.45. The number of carbonyl (C=O) groups is 1. The van der Waals surface area contributed by atoms with Crippen molar-refractivity contribution in [2.24, 2.45) is 5.73 Å². The van der Waals surface area contributed by atoms with Crippen LogP contribution in [0.2, 0.25) is 0 Å². The molecule has 0 aromatic rings. The summed E-state index contributed by atoms with van der Waals surface area (Å²) in [6.45, 7) is 6.92. The molecular formula is C13H27N3O. The molecule has 100 valence electrons. The van der Waals surface area contributed by atoms with E-state index in [0.29, 0.717) is 12.1 Å². The van der Waals surface area contributed by atoms with Gasteiger partial charge in [-0.1, -0.05) is 12.8 Å². The van der Waals surface area contributed by atoms with E-state index < -0.39 is 5.54 Å². The predicted octanol–water partition coefficient (Wildman–Crippen LogP) is 1.15. The number of amides is 1. The Hall–Kier alpha value is -0.610. The fourth-order valence-electron chi connectivity index (χ4n) is 2.47. The van der Waals surface area contributed by atoms with Crippen LogP contribution < -0.4 is 16.4 Å². The maximum atomic E-state index is 11.2. The van der Waals surface area contributed by atoms with Crippen LogP contribution in [0.4, 0.5) is 0 Å². The van der Waals surface area contributed by atoms with E-state index in [9.17, 15) is 4.79 Å². The van der Waals surface area contributed by atoms with E-state index >= 15 is 0 Å². The first-order valence-electron chi connectivity index (χ1n) is 6.73. The molecule has 0 aromatic carbocycles. The predicted molar refractivity (Wildman–Crippen MR) is 70.7 cm³/mol. The van der Waals surface area contributed by atoms with Gasteiger partial charge in [-0.05, 0) is 46.6 Å². The zero-order valence-corrected chi connectivity index (χ0v) is 11.4. The summed E-state index contributed by atoms with van der Waals surface area (Å²) in [4.78, 5) is 11.2. The number of hydrogen-bond donors (Lipinski definition) is 3. The standard InChI is InChI=1S/C13H27N3O/c1-10(16-13(2,3)12(14)17)9-11-7-5-4-6-8-15-11/h10-11,15-16H,4-9H2,1-3H3,(H2,14,17). The van der Waals surface area contributed by atoms with E-state index in [1.165, 1.54) is 25.7 Å². The molecule has 0 aromatic heterocycles. The van der Waals surface area contributed by atoms with Gasteiger partial charge in [-0.15, -0.1) is 0 Å². The molecule has 0 spiro atoms. The van der Waals surface area contributed by atoms with Gasteiger partial charge in [0, 0.05) is 12.1 Å². The first-order valence-corrected chi connectivity index (χ1v) is 6.73. The van der Waals surface area contributed by atoms with E-state index in [1.54, 1.807) is 0 Å². The minimum absolute atomic E-state index is 0.293. The lowest BCUT2D eigenvalue weighted by Crippen LogP contribution is -2.54. The molecule has 1 fully saturated rings. The Morgan fingerprint density at radius 2 is 2.18 bits per heavy atom. The van der Waals surface area contributed by atoms with Crippen LogP contribution in [0.5, 0.6) is 0 Å². The molecule has 4 N–H and O–H groups in total. The third-order valence-electron chi connectivity index (χ3n) is 3.52. The second-order valence-corrected chi connectivity index (χ2v) is 5.77. The third kappa shape index (κ3) is 5.04. The summed E-state index contributed by atoms with van der Waals surface area (Å²) < 4.78 is 0. The van der Waals surface area contributed by atoms with Crippen molar-refractivity contribution >= 4 is 5.91 Å². The minimum Gasteiger partial charge on any atom is -0.368 e. The minimum atomic E-state index is -0.621. The second-order valence-electron chi connectivity index (χ2n) is 5.77. The van der Waals surface area contributed by atoms with Crippen LogP contribution in [0, 0.1) is 0 Å². The third-order valence-corrected chi connectivity index (χ3v) is 3.52. The summed E-state index contributed by atoms with van der Waals surface area (Å²) in [5.74, 6) is -0.293. The zero-order chi connectivity index (χ0) is 12.9. The van der Waals surface area contributed by atoms with Gasteiger partial charge in [-0.3, -0.25) is 4.79 Å². The Morgan fingerprint density at radius 3 is 2.82 bits per heavy atom. The van der Waals surface area contributed by atoms with Crippen molar-refractivity contribution in [2.75, 3.05) is 6.54 Å². The maximum Gasteiger partial charge on any atom is 0.237 e. The quantitative estimate of drug-likeness (QED) is 0.676. The van der Waals surface area contributed by atoms with Crippen molar-refractivity contribution in [3.05, 3.63) is 0 Å². The molecule has 17 heavy (non-hydrogen) atoms. The molecule has 1 aliphatic rings. The summed E-state index contributed by atoms with van der Waals surface area (Å²) in [5, 5.41) is 6.88. The van der Waals surface area contributed by atoms with E-state index in [0.717, 1.165) is 13.0 Å². The second kappa shape index (κ2) is 6.36. The molecule has 2 unspecified atom stereocenters. The van der Waals surface area contributed by atoms with Gasteiger partial charge in [0.05, 0.1) is 5.54 Å². The van der Waals surface area contributed by atoms with E-state index in [-0.39, 0.29) is 5.91 Å². The zero-order valence-electron chi connectivity index (χ0n) is 11.4. The topological polar surface area (TPSA) is 67.2 Å². The summed E-state index contributed by atoms with van der Waals surface area (Å²) in [5.41, 5.74) is 4.74. The van der Waals surface area contributed by atoms with Crippen LogP contribution in [0.3, 0.4) is 0 Å². The molecular weight excluding hydrogens is 214 g/mol. The highest BCUT2D eigenvalue weighted by molar-refractivity contribution is 5.83. The lowest BCUT2D eigenvalue weighted by atomic mass is 9.99. The number of nitrogens with two attached hydrogens (primary N) is 1.